The summed E-state index contributed by atoms with van der Waals surface area (Å²) in [4.78, 5) is 15.7. The second-order valence-electron chi connectivity index (χ2n) is 5.13. The standard InChI is InChI=1S/C14H16N4O4S/c1-10-6-7-11(2)18(10)13-5-3-4-12(15-13)16-23(20,21)17-8-9-22-14(17)19/h3-7H,8-9H2,1-2H3,(H,15,16). The minimum absolute atomic E-state index is 0.0102. The number of cyclic esters (lactones) is 1. The number of amides is 1. The van der Waals surface area contributed by atoms with Gasteiger partial charge in [0.05, 0.1) is 6.54 Å². The van der Waals surface area contributed by atoms with Crippen LogP contribution in [0.5, 0.6) is 0 Å². The van der Waals surface area contributed by atoms with Crippen LogP contribution in [-0.2, 0) is 14.9 Å². The number of carbonyl (C=O) groups excluding carboxylic acids is 1. The highest BCUT2D eigenvalue weighted by Gasteiger charge is 2.33. The van der Waals surface area contributed by atoms with Gasteiger partial charge in [0, 0.05) is 11.4 Å². The average molecular weight is 336 g/mol. The van der Waals surface area contributed by atoms with Crippen molar-refractivity contribution in [3.8, 4) is 5.82 Å². The summed E-state index contributed by atoms with van der Waals surface area (Å²) >= 11 is 0. The molecule has 0 aliphatic carbocycles. The predicted octanol–water partition coefficient (Wildman–Crippen LogP) is 1.60. The fourth-order valence-electron chi connectivity index (χ4n) is 2.42. The third kappa shape index (κ3) is 2.87. The molecule has 8 nitrogen and oxygen atoms in total. The Labute approximate surface area is 133 Å². The largest absolute Gasteiger partial charge is 0.447 e. The first-order valence-electron chi connectivity index (χ1n) is 6.98. The normalized spacial score (nSPS) is 14.9. The van der Waals surface area contributed by atoms with Crippen LogP contribution < -0.4 is 4.72 Å². The fourth-order valence-corrected chi connectivity index (χ4v) is 3.47. The molecule has 1 saturated heterocycles. The molecule has 0 radical (unpaired) electrons. The Morgan fingerprint density at radius 1 is 1.17 bits per heavy atom. The topological polar surface area (TPSA) is 93.5 Å². The number of carbonyl (C=O) groups is 1. The molecule has 0 aromatic carbocycles. The molecule has 3 rings (SSSR count). The van der Waals surface area contributed by atoms with Crippen LogP contribution in [0.3, 0.4) is 0 Å². The van der Waals surface area contributed by atoms with Crippen molar-refractivity contribution in [1.82, 2.24) is 13.9 Å². The minimum Gasteiger partial charge on any atom is -0.447 e. The summed E-state index contributed by atoms with van der Waals surface area (Å²) in [7, 11) is -4.03. The third-order valence-electron chi connectivity index (χ3n) is 3.48. The van der Waals surface area contributed by atoms with E-state index in [1.807, 2.05) is 30.5 Å². The van der Waals surface area contributed by atoms with E-state index in [0.717, 1.165) is 11.4 Å². The van der Waals surface area contributed by atoms with E-state index in [4.69, 9.17) is 0 Å². The molecule has 0 bridgehead atoms. The number of hydrogen-bond acceptors (Lipinski definition) is 5. The van der Waals surface area contributed by atoms with Gasteiger partial charge in [0.1, 0.15) is 18.2 Å². The van der Waals surface area contributed by atoms with Crippen LogP contribution in [0.2, 0.25) is 0 Å². The van der Waals surface area contributed by atoms with E-state index in [1.165, 1.54) is 6.07 Å². The van der Waals surface area contributed by atoms with Gasteiger partial charge in [0.15, 0.2) is 0 Å². The molecule has 0 unspecified atom stereocenters. The molecule has 23 heavy (non-hydrogen) atoms. The second kappa shape index (κ2) is 5.58. The number of anilines is 1. The lowest BCUT2D eigenvalue weighted by molar-refractivity contribution is 0.170. The van der Waals surface area contributed by atoms with Crippen LogP contribution in [-0.4, -0.2) is 41.5 Å². The summed E-state index contributed by atoms with van der Waals surface area (Å²) in [6.45, 7) is 3.91. The predicted molar refractivity (Wildman–Crippen MR) is 83.6 cm³/mol. The fraction of sp³-hybridized carbons (Fsp3) is 0.286. The van der Waals surface area contributed by atoms with Crippen molar-refractivity contribution in [3.63, 3.8) is 0 Å². The van der Waals surface area contributed by atoms with Gasteiger partial charge in [-0.2, -0.15) is 12.7 Å². The summed E-state index contributed by atoms with van der Waals surface area (Å²) in [6.07, 6.45) is -0.884. The molecule has 1 N–H and O–H groups in total. The van der Waals surface area contributed by atoms with Crippen molar-refractivity contribution >= 4 is 22.1 Å². The SMILES string of the molecule is Cc1ccc(C)n1-c1cccc(NS(=O)(=O)N2CCOC2=O)n1. The molecule has 2 aromatic rings. The molecule has 122 valence electrons. The molecule has 3 heterocycles. The Kier molecular flexibility index (Phi) is 3.72. The van der Waals surface area contributed by atoms with Gasteiger partial charge in [-0.25, -0.2) is 14.5 Å². The van der Waals surface area contributed by atoms with Crippen molar-refractivity contribution in [3.05, 3.63) is 41.7 Å². The molecule has 9 heteroatoms. The van der Waals surface area contributed by atoms with Crippen LogP contribution in [0.1, 0.15) is 11.4 Å². The van der Waals surface area contributed by atoms with Crippen LogP contribution in [0.15, 0.2) is 30.3 Å². The van der Waals surface area contributed by atoms with E-state index < -0.39 is 16.3 Å². The van der Waals surface area contributed by atoms with Gasteiger partial charge in [-0.05, 0) is 38.1 Å². The maximum absolute atomic E-state index is 12.2. The van der Waals surface area contributed by atoms with Crippen molar-refractivity contribution in [2.75, 3.05) is 17.9 Å². The van der Waals surface area contributed by atoms with E-state index in [9.17, 15) is 13.2 Å². The summed E-state index contributed by atoms with van der Waals surface area (Å²) in [5, 5.41) is 0. The number of nitrogens with one attached hydrogen (secondary N) is 1. The highest BCUT2D eigenvalue weighted by Crippen LogP contribution is 2.18. The molecule has 1 fully saturated rings. The van der Waals surface area contributed by atoms with Gasteiger partial charge in [-0.15, -0.1) is 0 Å². The minimum atomic E-state index is -4.03. The zero-order chi connectivity index (χ0) is 16.6. The number of aromatic nitrogens is 2. The summed E-state index contributed by atoms with van der Waals surface area (Å²) < 4.78 is 33.9. The first kappa shape index (κ1) is 15.3. The smallest absolute Gasteiger partial charge is 0.425 e. The summed E-state index contributed by atoms with van der Waals surface area (Å²) in [5.41, 5.74) is 1.97. The Balaban J connectivity index is 1.90. The van der Waals surface area contributed by atoms with E-state index in [1.54, 1.807) is 12.1 Å². The van der Waals surface area contributed by atoms with E-state index in [0.29, 0.717) is 10.1 Å². The first-order chi connectivity index (χ1) is 10.9. The third-order valence-corrected chi connectivity index (χ3v) is 4.86. The molecule has 0 spiro atoms. The zero-order valence-electron chi connectivity index (χ0n) is 12.7. The van der Waals surface area contributed by atoms with Crippen LogP contribution in [0.25, 0.3) is 5.82 Å². The van der Waals surface area contributed by atoms with Crippen molar-refractivity contribution in [2.45, 2.75) is 13.8 Å². The first-order valence-corrected chi connectivity index (χ1v) is 8.42. The highest BCUT2D eigenvalue weighted by molar-refractivity contribution is 7.90. The molecule has 0 atom stereocenters. The summed E-state index contributed by atoms with van der Waals surface area (Å²) in [6, 6.07) is 8.90. The lowest BCUT2D eigenvalue weighted by Crippen LogP contribution is -2.36. The molecule has 1 aliphatic rings. The molecular formula is C14H16N4O4S. The number of rotatable bonds is 4. The maximum Gasteiger partial charge on any atom is 0.425 e. The molecular weight excluding hydrogens is 320 g/mol. The Hall–Kier alpha value is -2.55. The Morgan fingerprint density at radius 2 is 1.87 bits per heavy atom. The molecule has 0 saturated carbocycles. The van der Waals surface area contributed by atoms with E-state index >= 15 is 0 Å². The van der Waals surface area contributed by atoms with Gasteiger partial charge < -0.3 is 9.30 Å². The lowest BCUT2D eigenvalue weighted by atomic mass is 10.4. The van der Waals surface area contributed by atoms with E-state index in [2.05, 4.69) is 14.4 Å². The quantitative estimate of drug-likeness (QED) is 0.915. The lowest BCUT2D eigenvalue weighted by Gasteiger charge is -2.15. The number of nitrogens with zero attached hydrogens (tertiary/aromatic N) is 3. The molecule has 1 amide bonds. The second-order valence-corrected chi connectivity index (χ2v) is 6.72. The van der Waals surface area contributed by atoms with E-state index in [-0.39, 0.29) is 19.0 Å². The van der Waals surface area contributed by atoms with Gasteiger partial charge in [-0.3, -0.25) is 0 Å². The van der Waals surface area contributed by atoms with Gasteiger partial charge in [-0.1, -0.05) is 6.07 Å². The highest BCUT2D eigenvalue weighted by atomic mass is 32.2. The average Bonchev–Trinajstić information content (AvgIpc) is 3.05. The zero-order valence-corrected chi connectivity index (χ0v) is 13.5. The van der Waals surface area contributed by atoms with Crippen LogP contribution >= 0.6 is 0 Å². The van der Waals surface area contributed by atoms with Crippen LogP contribution in [0, 0.1) is 13.8 Å². The monoisotopic (exact) mass is 336 g/mol. The Morgan fingerprint density at radius 3 is 2.48 bits per heavy atom. The van der Waals surface area contributed by atoms with Gasteiger partial charge >= 0.3 is 16.3 Å². The van der Waals surface area contributed by atoms with Crippen molar-refractivity contribution in [2.24, 2.45) is 0 Å². The molecule has 1 aliphatic heterocycles. The van der Waals surface area contributed by atoms with Crippen molar-refractivity contribution < 1.29 is 17.9 Å². The number of aryl methyl sites for hydroxylation is 2. The molecule has 2 aromatic heterocycles. The maximum atomic E-state index is 12.2. The van der Waals surface area contributed by atoms with Gasteiger partial charge in [0.2, 0.25) is 0 Å². The summed E-state index contributed by atoms with van der Waals surface area (Å²) in [5.74, 6) is 0.726. The van der Waals surface area contributed by atoms with Crippen LogP contribution in [0.4, 0.5) is 10.6 Å². The Bertz CT molecular complexity index is 840. The number of pyridine rings is 1. The van der Waals surface area contributed by atoms with Gasteiger partial charge in [0.25, 0.3) is 0 Å². The number of hydrogen-bond donors (Lipinski definition) is 1. The van der Waals surface area contributed by atoms with Crippen molar-refractivity contribution in [1.29, 1.82) is 0 Å². The number of ether oxygens (including phenoxy) is 1.